The highest BCUT2D eigenvalue weighted by Crippen LogP contribution is 2.36. The van der Waals surface area contributed by atoms with Crippen LogP contribution in [0.5, 0.6) is 0 Å². The molecule has 4 nitrogen and oxygen atoms in total. The zero-order chi connectivity index (χ0) is 10.0. The van der Waals surface area contributed by atoms with Crippen LogP contribution in [0.2, 0.25) is 0 Å². The fourth-order valence-corrected chi connectivity index (χ4v) is 2.33. The molecule has 0 amide bonds. The average Bonchev–Trinajstić information content (AvgIpc) is 2.66. The summed E-state index contributed by atoms with van der Waals surface area (Å²) in [5.41, 5.74) is 5.94. The third-order valence-corrected chi connectivity index (χ3v) is 3.27. The minimum atomic E-state index is 0.0585. The van der Waals surface area contributed by atoms with E-state index in [2.05, 4.69) is 15.2 Å². The van der Waals surface area contributed by atoms with Gasteiger partial charge in [-0.05, 0) is 19.8 Å². The molecular formula is C10H18N4. The van der Waals surface area contributed by atoms with Crippen molar-refractivity contribution in [2.75, 3.05) is 6.54 Å². The maximum atomic E-state index is 5.89. The van der Waals surface area contributed by atoms with E-state index in [0.29, 0.717) is 6.54 Å². The van der Waals surface area contributed by atoms with Crippen LogP contribution in [-0.4, -0.2) is 21.7 Å². The Hall–Kier alpha value is -0.900. The first-order valence-electron chi connectivity index (χ1n) is 5.36. The predicted molar refractivity (Wildman–Crippen MR) is 54.9 cm³/mol. The lowest BCUT2D eigenvalue weighted by molar-refractivity contribution is 0.286. The van der Waals surface area contributed by atoms with Crippen molar-refractivity contribution < 1.29 is 0 Å². The summed E-state index contributed by atoms with van der Waals surface area (Å²) in [7, 11) is 0. The average molecular weight is 194 g/mol. The van der Waals surface area contributed by atoms with Crippen LogP contribution in [0.4, 0.5) is 0 Å². The lowest BCUT2D eigenvalue weighted by atomic mass is 9.73. The van der Waals surface area contributed by atoms with Crippen molar-refractivity contribution in [1.29, 1.82) is 0 Å². The van der Waals surface area contributed by atoms with Crippen LogP contribution in [-0.2, 0) is 5.41 Å². The molecule has 1 saturated carbocycles. The SMILES string of the molecule is Cc1nc(C2(CN)CCCCC2)n[nH]1. The van der Waals surface area contributed by atoms with Crippen LogP contribution in [0.15, 0.2) is 0 Å². The third kappa shape index (κ3) is 1.54. The van der Waals surface area contributed by atoms with E-state index in [1.165, 1.54) is 19.3 Å². The molecule has 1 aliphatic carbocycles. The summed E-state index contributed by atoms with van der Waals surface area (Å²) in [4.78, 5) is 4.43. The van der Waals surface area contributed by atoms with E-state index in [1.807, 2.05) is 6.92 Å². The molecule has 0 atom stereocenters. The number of nitrogens with zero attached hydrogens (tertiary/aromatic N) is 2. The highest BCUT2D eigenvalue weighted by Gasteiger charge is 2.35. The quantitative estimate of drug-likeness (QED) is 0.745. The number of hydrogen-bond acceptors (Lipinski definition) is 3. The molecule has 78 valence electrons. The Morgan fingerprint density at radius 3 is 2.57 bits per heavy atom. The molecule has 0 unspecified atom stereocenters. The molecule has 1 aromatic rings. The Morgan fingerprint density at radius 1 is 1.36 bits per heavy atom. The summed E-state index contributed by atoms with van der Waals surface area (Å²) in [5, 5.41) is 7.17. The smallest absolute Gasteiger partial charge is 0.158 e. The van der Waals surface area contributed by atoms with Gasteiger partial charge in [0.2, 0.25) is 0 Å². The van der Waals surface area contributed by atoms with Gasteiger partial charge in [0, 0.05) is 12.0 Å². The van der Waals surface area contributed by atoms with E-state index in [0.717, 1.165) is 24.5 Å². The highest BCUT2D eigenvalue weighted by atomic mass is 15.2. The predicted octanol–water partition coefficient (Wildman–Crippen LogP) is 1.27. The van der Waals surface area contributed by atoms with Crippen LogP contribution < -0.4 is 5.73 Å². The number of aromatic amines is 1. The fourth-order valence-electron chi connectivity index (χ4n) is 2.33. The molecule has 14 heavy (non-hydrogen) atoms. The van der Waals surface area contributed by atoms with Crippen LogP contribution in [0, 0.1) is 6.92 Å². The lowest BCUT2D eigenvalue weighted by Crippen LogP contribution is -2.38. The van der Waals surface area contributed by atoms with E-state index in [4.69, 9.17) is 5.73 Å². The van der Waals surface area contributed by atoms with E-state index < -0.39 is 0 Å². The van der Waals surface area contributed by atoms with Gasteiger partial charge in [0.25, 0.3) is 0 Å². The molecule has 1 heterocycles. The highest BCUT2D eigenvalue weighted by molar-refractivity contribution is 5.10. The van der Waals surface area contributed by atoms with Crippen molar-refractivity contribution in [3.05, 3.63) is 11.6 Å². The molecule has 0 spiro atoms. The van der Waals surface area contributed by atoms with Gasteiger partial charge in [-0.15, -0.1) is 0 Å². The van der Waals surface area contributed by atoms with Gasteiger partial charge >= 0.3 is 0 Å². The Kier molecular flexibility index (Phi) is 2.54. The zero-order valence-corrected chi connectivity index (χ0v) is 8.71. The number of H-pyrrole nitrogens is 1. The number of aromatic nitrogens is 3. The van der Waals surface area contributed by atoms with Crippen LogP contribution in [0.3, 0.4) is 0 Å². The summed E-state index contributed by atoms with van der Waals surface area (Å²) < 4.78 is 0. The maximum Gasteiger partial charge on any atom is 0.158 e. The van der Waals surface area contributed by atoms with Crippen molar-refractivity contribution in [2.45, 2.75) is 44.4 Å². The number of rotatable bonds is 2. The second kappa shape index (κ2) is 3.69. The molecule has 0 aromatic carbocycles. The van der Waals surface area contributed by atoms with Gasteiger partial charge in [0.15, 0.2) is 5.82 Å². The fraction of sp³-hybridized carbons (Fsp3) is 0.800. The lowest BCUT2D eigenvalue weighted by Gasteiger charge is -2.33. The molecule has 2 rings (SSSR count). The van der Waals surface area contributed by atoms with Crippen molar-refractivity contribution in [3.8, 4) is 0 Å². The Bertz CT molecular complexity index is 299. The molecule has 0 saturated heterocycles. The monoisotopic (exact) mass is 194 g/mol. The van der Waals surface area contributed by atoms with Crippen LogP contribution in [0.1, 0.15) is 43.8 Å². The molecule has 3 N–H and O–H groups in total. The largest absolute Gasteiger partial charge is 0.329 e. The third-order valence-electron chi connectivity index (χ3n) is 3.27. The van der Waals surface area contributed by atoms with Gasteiger partial charge in [-0.1, -0.05) is 19.3 Å². The topological polar surface area (TPSA) is 67.6 Å². The molecule has 1 aromatic heterocycles. The standard InChI is InChI=1S/C10H18N4/c1-8-12-9(14-13-8)10(7-11)5-3-2-4-6-10/h2-7,11H2,1H3,(H,12,13,14). The van der Waals surface area contributed by atoms with E-state index in [1.54, 1.807) is 0 Å². The second-order valence-electron chi connectivity index (χ2n) is 4.29. The Balaban J connectivity index is 2.26. The van der Waals surface area contributed by atoms with Crippen LogP contribution >= 0.6 is 0 Å². The van der Waals surface area contributed by atoms with Gasteiger partial charge < -0.3 is 5.73 Å². The van der Waals surface area contributed by atoms with Gasteiger partial charge in [0.05, 0.1) is 0 Å². The first kappa shape index (κ1) is 9.65. The maximum absolute atomic E-state index is 5.89. The number of hydrogen-bond donors (Lipinski definition) is 2. The summed E-state index contributed by atoms with van der Waals surface area (Å²) >= 11 is 0. The normalized spacial score (nSPS) is 21.0. The summed E-state index contributed by atoms with van der Waals surface area (Å²) in [6.45, 7) is 2.60. The van der Waals surface area contributed by atoms with Gasteiger partial charge in [-0.25, -0.2) is 4.98 Å². The van der Waals surface area contributed by atoms with Gasteiger partial charge in [-0.3, -0.25) is 5.10 Å². The first-order chi connectivity index (χ1) is 6.77. The van der Waals surface area contributed by atoms with Gasteiger partial charge in [-0.2, -0.15) is 5.10 Å². The van der Waals surface area contributed by atoms with Crippen molar-refractivity contribution in [1.82, 2.24) is 15.2 Å². The van der Waals surface area contributed by atoms with Crippen molar-refractivity contribution in [3.63, 3.8) is 0 Å². The van der Waals surface area contributed by atoms with E-state index in [-0.39, 0.29) is 5.41 Å². The molecule has 0 radical (unpaired) electrons. The minimum absolute atomic E-state index is 0.0585. The van der Waals surface area contributed by atoms with Crippen LogP contribution in [0.25, 0.3) is 0 Å². The first-order valence-corrected chi connectivity index (χ1v) is 5.36. The molecule has 1 aliphatic rings. The Labute approximate surface area is 84.3 Å². The Morgan fingerprint density at radius 2 is 2.07 bits per heavy atom. The molecule has 4 heteroatoms. The van der Waals surface area contributed by atoms with Gasteiger partial charge in [0.1, 0.15) is 5.82 Å². The summed E-state index contributed by atoms with van der Waals surface area (Å²) in [6.07, 6.45) is 6.11. The van der Waals surface area contributed by atoms with E-state index >= 15 is 0 Å². The second-order valence-corrected chi connectivity index (χ2v) is 4.29. The van der Waals surface area contributed by atoms with Crippen molar-refractivity contribution >= 4 is 0 Å². The summed E-state index contributed by atoms with van der Waals surface area (Å²) in [5.74, 6) is 1.82. The minimum Gasteiger partial charge on any atom is -0.329 e. The van der Waals surface area contributed by atoms with E-state index in [9.17, 15) is 0 Å². The summed E-state index contributed by atoms with van der Waals surface area (Å²) in [6, 6.07) is 0. The van der Waals surface area contributed by atoms with Crippen molar-refractivity contribution in [2.24, 2.45) is 5.73 Å². The zero-order valence-electron chi connectivity index (χ0n) is 8.71. The number of nitrogens with one attached hydrogen (secondary N) is 1. The number of aryl methyl sites for hydroxylation is 1. The molecule has 1 fully saturated rings. The number of nitrogens with two attached hydrogens (primary N) is 1. The molecule has 0 aliphatic heterocycles. The molecular weight excluding hydrogens is 176 g/mol. The molecule has 0 bridgehead atoms.